The maximum absolute atomic E-state index is 12.2. The summed E-state index contributed by atoms with van der Waals surface area (Å²) in [6.07, 6.45) is 1.57. The van der Waals surface area contributed by atoms with Crippen molar-refractivity contribution < 1.29 is 18.3 Å². The summed E-state index contributed by atoms with van der Waals surface area (Å²) in [5, 5.41) is 12.6. The summed E-state index contributed by atoms with van der Waals surface area (Å²) in [4.78, 5) is 14.0. The molecule has 0 aromatic rings. The van der Waals surface area contributed by atoms with Gasteiger partial charge in [-0.1, -0.05) is 0 Å². The van der Waals surface area contributed by atoms with Crippen LogP contribution >= 0.6 is 0 Å². The van der Waals surface area contributed by atoms with Gasteiger partial charge in [-0.3, -0.25) is 4.79 Å². The summed E-state index contributed by atoms with van der Waals surface area (Å²) in [5.74, 6) is 0.510. The highest BCUT2D eigenvalue weighted by Crippen LogP contribution is 2.21. The van der Waals surface area contributed by atoms with Crippen molar-refractivity contribution in [2.45, 2.75) is 38.3 Å². The molecule has 2 atom stereocenters. The number of rotatable bonds is 3. The number of carbonyl (C=O) groups is 1. The van der Waals surface area contributed by atoms with E-state index in [4.69, 9.17) is 0 Å². The first-order valence-electron chi connectivity index (χ1n) is 7.27. The van der Waals surface area contributed by atoms with Crippen LogP contribution in [0, 0.1) is 5.92 Å². The van der Waals surface area contributed by atoms with Crippen molar-refractivity contribution in [3.8, 4) is 0 Å². The number of aliphatic hydroxyl groups excluding tert-OH is 1. The van der Waals surface area contributed by atoms with Crippen molar-refractivity contribution in [3.05, 3.63) is 0 Å². The van der Waals surface area contributed by atoms with E-state index in [0.29, 0.717) is 19.6 Å². The fourth-order valence-electron chi connectivity index (χ4n) is 2.97. The van der Waals surface area contributed by atoms with Gasteiger partial charge >= 0.3 is 0 Å². The Kier molecular flexibility index (Phi) is 5.04. The maximum Gasteiger partial charge on any atom is 0.224 e. The first-order valence-corrected chi connectivity index (χ1v) is 9.09. The molecule has 2 unspecified atom stereocenters. The van der Waals surface area contributed by atoms with Crippen LogP contribution in [-0.2, 0) is 14.6 Å². The minimum atomic E-state index is -2.99. The Hall–Kier alpha value is -0.660. The zero-order valence-electron chi connectivity index (χ0n) is 11.9. The molecule has 116 valence electrons. The van der Waals surface area contributed by atoms with Crippen LogP contribution in [0.2, 0.25) is 0 Å². The molecular formula is C13H24N2O4S. The van der Waals surface area contributed by atoms with Gasteiger partial charge in [-0.2, -0.15) is 0 Å². The van der Waals surface area contributed by atoms with Gasteiger partial charge in [0.15, 0.2) is 9.84 Å². The lowest BCUT2D eigenvalue weighted by atomic mass is 9.92. The molecule has 1 amide bonds. The Morgan fingerprint density at radius 2 is 2.05 bits per heavy atom. The third-order valence-corrected chi connectivity index (χ3v) is 6.03. The molecule has 2 rings (SSSR count). The van der Waals surface area contributed by atoms with E-state index in [1.54, 1.807) is 11.8 Å². The second-order valence-corrected chi connectivity index (χ2v) is 8.16. The molecule has 2 saturated heterocycles. The number of nitrogens with zero attached hydrogens (tertiary/aromatic N) is 1. The number of carbonyl (C=O) groups excluding carboxylic acids is 1. The number of aliphatic hydroxyl groups is 1. The van der Waals surface area contributed by atoms with Crippen LogP contribution < -0.4 is 5.32 Å². The average Bonchev–Trinajstić information content (AvgIpc) is 2.37. The highest BCUT2D eigenvalue weighted by Gasteiger charge is 2.30. The Balaban J connectivity index is 1.81. The summed E-state index contributed by atoms with van der Waals surface area (Å²) in [6.45, 7) is 3.55. The SMILES string of the molecule is CC(O)C1CCN(C(=O)CC2CS(=O)(=O)CCN2)CC1. The fourth-order valence-corrected chi connectivity index (χ4v) is 4.41. The fraction of sp³-hybridized carbons (Fsp3) is 0.923. The minimum absolute atomic E-state index is 0.0173. The molecule has 0 aromatic carbocycles. The molecule has 0 aliphatic carbocycles. The van der Waals surface area contributed by atoms with Crippen LogP contribution in [0.15, 0.2) is 0 Å². The van der Waals surface area contributed by atoms with E-state index in [-0.39, 0.29) is 41.9 Å². The largest absolute Gasteiger partial charge is 0.393 e. The molecule has 2 heterocycles. The van der Waals surface area contributed by atoms with Crippen LogP contribution in [-0.4, -0.2) is 67.6 Å². The van der Waals surface area contributed by atoms with Crippen LogP contribution in [0.25, 0.3) is 0 Å². The Morgan fingerprint density at radius 3 is 2.60 bits per heavy atom. The summed E-state index contributed by atoms with van der Waals surface area (Å²) in [5.41, 5.74) is 0. The quantitative estimate of drug-likeness (QED) is 0.726. The van der Waals surface area contributed by atoms with Crippen LogP contribution in [0.4, 0.5) is 0 Å². The monoisotopic (exact) mass is 304 g/mol. The summed E-state index contributed by atoms with van der Waals surface area (Å²) >= 11 is 0. The predicted octanol–water partition coefficient (Wildman–Crippen LogP) is -0.617. The van der Waals surface area contributed by atoms with E-state index >= 15 is 0 Å². The highest BCUT2D eigenvalue weighted by molar-refractivity contribution is 7.91. The van der Waals surface area contributed by atoms with Gasteiger partial charge in [-0.15, -0.1) is 0 Å². The molecule has 6 nitrogen and oxygen atoms in total. The van der Waals surface area contributed by atoms with E-state index in [1.165, 1.54) is 0 Å². The molecule has 0 aromatic heterocycles. The van der Waals surface area contributed by atoms with Gasteiger partial charge in [0.25, 0.3) is 0 Å². The van der Waals surface area contributed by atoms with E-state index < -0.39 is 9.84 Å². The van der Waals surface area contributed by atoms with Gasteiger partial charge in [0.05, 0.1) is 17.6 Å². The lowest BCUT2D eigenvalue weighted by Gasteiger charge is -2.34. The third-order valence-electron chi connectivity index (χ3n) is 4.30. The summed E-state index contributed by atoms with van der Waals surface area (Å²) < 4.78 is 23.1. The molecule has 2 N–H and O–H groups in total. The zero-order chi connectivity index (χ0) is 14.8. The van der Waals surface area contributed by atoms with Crippen molar-refractivity contribution in [2.75, 3.05) is 31.1 Å². The van der Waals surface area contributed by atoms with Crippen LogP contribution in [0.1, 0.15) is 26.2 Å². The summed E-state index contributed by atoms with van der Waals surface area (Å²) in [7, 11) is -2.99. The van der Waals surface area contributed by atoms with Gasteiger partial charge in [-0.05, 0) is 25.7 Å². The highest BCUT2D eigenvalue weighted by atomic mass is 32.2. The normalized spacial score (nSPS) is 29.1. The van der Waals surface area contributed by atoms with Crippen molar-refractivity contribution in [3.63, 3.8) is 0 Å². The van der Waals surface area contributed by atoms with Gasteiger partial charge < -0.3 is 15.3 Å². The van der Waals surface area contributed by atoms with E-state index in [1.807, 2.05) is 0 Å². The number of hydrogen-bond donors (Lipinski definition) is 2. The van der Waals surface area contributed by atoms with Gasteiger partial charge in [0.2, 0.25) is 5.91 Å². The van der Waals surface area contributed by atoms with Crippen molar-refractivity contribution in [2.24, 2.45) is 5.92 Å². The van der Waals surface area contributed by atoms with E-state index in [9.17, 15) is 18.3 Å². The number of sulfone groups is 1. The van der Waals surface area contributed by atoms with Crippen LogP contribution in [0.5, 0.6) is 0 Å². The lowest BCUT2D eigenvalue weighted by Crippen LogP contribution is -2.49. The number of hydrogen-bond acceptors (Lipinski definition) is 5. The van der Waals surface area contributed by atoms with Gasteiger partial charge in [0.1, 0.15) is 0 Å². The van der Waals surface area contributed by atoms with Crippen molar-refractivity contribution >= 4 is 15.7 Å². The van der Waals surface area contributed by atoms with Gasteiger partial charge in [0, 0.05) is 32.1 Å². The smallest absolute Gasteiger partial charge is 0.224 e. The Bertz CT molecular complexity index is 441. The number of nitrogens with one attached hydrogen (secondary N) is 1. The van der Waals surface area contributed by atoms with Crippen molar-refractivity contribution in [1.82, 2.24) is 10.2 Å². The average molecular weight is 304 g/mol. The second kappa shape index (κ2) is 6.41. The van der Waals surface area contributed by atoms with E-state index in [0.717, 1.165) is 12.8 Å². The van der Waals surface area contributed by atoms with Gasteiger partial charge in [-0.25, -0.2) is 8.42 Å². The zero-order valence-corrected chi connectivity index (χ0v) is 12.7. The first kappa shape index (κ1) is 15.7. The molecule has 2 aliphatic heterocycles. The molecule has 2 fully saturated rings. The lowest BCUT2D eigenvalue weighted by molar-refractivity contribution is -0.133. The minimum Gasteiger partial charge on any atom is -0.393 e. The standard InChI is InChI=1S/C13H24N2O4S/c1-10(16)11-2-5-15(6-3-11)13(17)8-12-9-20(18,19)7-4-14-12/h10-12,14,16H,2-9H2,1H3. The molecule has 7 heteroatoms. The third kappa shape index (κ3) is 4.17. The van der Waals surface area contributed by atoms with Crippen LogP contribution in [0.3, 0.4) is 0 Å². The molecule has 2 aliphatic rings. The number of likely N-dealkylation sites (tertiary alicyclic amines) is 1. The van der Waals surface area contributed by atoms with E-state index in [2.05, 4.69) is 5.32 Å². The topological polar surface area (TPSA) is 86.7 Å². The predicted molar refractivity (Wildman–Crippen MR) is 76.0 cm³/mol. The Morgan fingerprint density at radius 1 is 1.40 bits per heavy atom. The summed E-state index contributed by atoms with van der Waals surface area (Å²) in [6, 6.07) is -0.254. The number of amides is 1. The molecule has 20 heavy (non-hydrogen) atoms. The Labute approximate surface area is 120 Å². The molecule has 0 radical (unpaired) electrons. The number of piperidine rings is 1. The molecular weight excluding hydrogens is 280 g/mol. The van der Waals surface area contributed by atoms with Crippen molar-refractivity contribution in [1.29, 1.82) is 0 Å². The first-order chi connectivity index (χ1) is 9.37. The molecule has 0 bridgehead atoms. The second-order valence-electron chi connectivity index (χ2n) is 5.93. The molecule has 0 spiro atoms. The maximum atomic E-state index is 12.2. The molecule has 0 saturated carbocycles.